The molecule has 0 spiro atoms. The SMILES string of the molecule is CCC(C)(C)NC(=O)C(C)N1CCCC2CNCC21. The molecule has 1 amide bonds. The van der Waals surface area contributed by atoms with E-state index in [9.17, 15) is 4.79 Å². The summed E-state index contributed by atoms with van der Waals surface area (Å²) in [7, 11) is 0. The second kappa shape index (κ2) is 5.80. The average Bonchev–Trinajstić information content (AvgIpc) is 2.85. The molecule has 0 bridgehead atoms. The summed E-state index contributed by atoms with van der Waals surface area (Å²) in [5.74, 6) is 0.919. The summed E-state index contributed by atoms with van der Waals surface area (Å²) in [5.41, 5.74) is -0.103. The summed E-state index contributed by atoms with van der Waals surface area (Å²) in [4.78, 5) is 14.8. The second-order valence-corrected chi connectivity index (χ2v) is 6.77. The van der Waals surface area contributed by atoms with Gasteiger partial charge in [-0.1, -0.05) is 6.92 Å². The highest BCUT2D eigenvalue weighted by molar-refractivity contribution is 5.82. The number of likely N-dealkylation sites (tertiary alicyclic amines) is 1. The van der Waals surface area contributed by atoms with Crippen molar-refractivity contribution in [2.45, 2.75) is 64.6 Å². The molecule has 2 saturated heterocycles. The third kappa shape index (κ3) is 3.29. The van der Waals surface area contributed by atoms with Crippen LogP contribution in [0, 0.1) is 5.92 Å². The number of fused-ring (bicyclic) bond motifs is 1. The number of piperidine rings is 1. The molecule has 19 heavy (non-hydrogen) atoms. The standard InChI is InChI=1S/C15H29N3O/c1-5-15(3,4)17-14(19)11(2)18-8-6-7-12-9-16-10-13(12)18/h11-13,16H,5-10H2,1-4H3,(H,17,19). The fourth-order valence-electron chi connectivity index (χ4n) is 3.26. The van der Waals surface area contributed by atoms with Crippen molar-refractivity contribution >= 4 is 5.91 Å². The monoisotopic (exact) mass is 267 g/mol. The van der Waals surface area contributed by atoms with Crippen LogP contribution in [0.25, 0.3) is 0 Å². The van der Waals surface area contributed by atoms with Crippen LogP contribution in [0.3, 0.4) is 0 Å². The molecular weight excluding hydrogens is 238 g/mol. The minimum Gasteiger partial charge on any atom is -0.350 e. The fraction of sp³-hybridized carbons (Fsp3) is 0.933. The van der Waals surface area contributed by atoms with Crippen LogP contribution in [0.1, 0.15) is 47.0 Å². The summed E-state index contributed by atoms with van der Waals surface area (Å²) in [6, 6.07) is 0.540. The van der Waals surface area contributed by atoms with Gasteiger partial charge in [-0.15, -0.1) is 0 Å². The third-order valence-corrected chi connectivity index (χ3v) is 4.94. The Morgan fingerprint density at radius 3 is 2.89 bits per heavy atom. The number of hydrogen-bond acceptors (Lipinski definition) is 3. The molecule has 110 valence electrons. The number of nitrogens with zero attached hydrogens (tertiary/aromatic N) is 1. The Morgan fingerprint density at radius 1 is 1.47 bits per heavy atom. The van der Waals surface area contributed by atoms with Crippen LogP contribution in [0.5, 0.6) is 0 Å². The Morgan fingerprint density at radius 2 is 2.21 bits per heavy atom. The summed E-state index contributed by atoms with van der Waals surface area (Å²) in [5, 5.41) is 6.66. The molecule has 2 N–H and O–H groups in total. The maximum atomic E-state index is 12.4. The van der Waals surface area contributed by atoms with E-state index in [-0.39, 0.29) is 17.5 Å². The van der Waals surface area contributed by atoms with Gasteiger partial charge in [0.25, 0.3) is 0 Å². The van der Waals surface area contributed by atoms with Crippen LogP contribution >= 0.6 is 0 Å². The highest BCUT2D eigenvalue weighted by Gasteiger charge is 2.39. The first-order valence-electron chi connectivity index (χ1n) is 7.73. The molecule has 2 heterocycles. The third-order valence-electron chi connectivity index (χ3n) is 4.94. The van der Waals surface area contributed by atoms with Gasteiger partial charge in [0.05, 0.1) is 6.04 Å². The molecule has 4 nitrogen and oxygen atoms in total. The number of rotatable bonds is 4. The van der Waals surface area contributed by atoms with Crippen LogP contribution in [-0.2, 0) is 4.79 Å². The van der Waals surface area contributed by atoms with Crippen LogP contribution in [0.4, 0.5) is 0 Å². The van der Waals surface area contributed by atoms with E-state index in [0.717, 1.165) is 32.0 Å². The number of carbonyl (C=O) groups is 1. The van der Waals surface area contributed by atoms with Crippen molar-refractivity contribution < 1.29 is 4.79 Å². The molecule has 0 saturated carbocycles. The van der Waals surface area contributed by atoms with Crippen LogP contribution in [0.15, 0.2) is 0 Å². The minimum absolute atomic E-state index is 0.0153. The topological polar surface area (TPSA) is 44.4 Å². The highest BCUT2D eigenvalue weighted by atomic mass is 16.2. The molecule has 4 heteroatoms. The Hall–Kier alpha value is -0.610. The first kappa shape index (κ1) is 14.8. The molecule has 3 unspecified atom stereocenters. The van der Waals surface area contributed by atoms with Gasteiger partial charge in [-0.05, 0) is 59.0 Å². The zero-order valence-electron chi connectivity index (χ0n) is 12.8. The fourth-order valence-corrected chi connectivity index (χ4v) is 3.26. The summed E-state index contributed by atoms with van der Waals surface area (Å²) >= 11 is 0. The molecule has 0 aromatic rings. The molecule has 2 aliphatic rings. The number of carbonyl (C=O) groups excluding carboxylic acids is 1. The smallest absolute Gasteiger partial charge is 0.237 e. The highest BCUT2D eigenvalue weighted by Crippen LogP contribution is 2.28. The van der Waals surface area contributed by atoms with Crippen molar-refractivity contribution in [3.63, 3.8) is 0 Å². The van der Waals surface area contributed by atoms with Crippen LogP contribution in [-0.4, -0.2) is 48.1 Å². The Bertz CT molecular complexity index is 329. The molecule has 2 fully saturated rings. The maximum absolute atomic E-state index is 12.4. The lowest BCUT2D eigenvalue weighted by Gasteiger charge is -2.41. The van der Waals surface area contributed by atoms with Gasteiger partial charge >= 0.3 is 0 Å². The lowest BCUT2D eigenvalue weighted by atomic mass is 9.90. The van der Waals surface area contributed by atoms with Gasteiger partial charge in [0.15, 0.2) is 0 Å². The normalized spacial score (nSPS) is 29.9. The lowest BCUT2D eigenvalue weighted by molar-refractivity contribution is -0.129. The van der Waals surface area contributed by atoms with Crippen LogP contribution < -0.4 is 10.6 Å². The van der Waals surface area contributed by atoms with Gasteiger partial charge in [-0.2, -0.15) is 0 Å². The van der Waals surface area contributed by atoms with E-state index >= 15 is 0 Å². The van der Waals surface area contributed by atoms with Crippen molar-refractivity contribution in [2.75, 3.05) is 19.6 Å². The van der Waals surface area contributed by atoms with E-state index < -0.39 is 0 Å². The molecule has 0 aromatic heterocycles. The van der Waals surface area contributed by atoms with Gasteiger partial charge in [-0.25, -0.2) is 0 Å². The quantitative estimate of drug-likeness (QED) is 0.808. The van der Waals surface area contributed by atoms with Crippen molar-refractivity contribution in [2.24, 2.45) is 5.92 Å². The lowest BCUT2D eigenvalue weighted by Crippen LogP contribution is -2.57. The number of hydrogen-bond donors (Lipinski definition) is 2. The van der Waals surface area contributed by atoms with E-state index in [1.807, 2.05) is 0 Å². The van der Waals surface area contributed by atoms with Crippen LogP contribution in [0.2, 0.25) is 0 Å². The zero-order valence-corrected chi connectivity index (χ0v) is 12.8. The molecule has 0 aromatic carbocycles. The molecule has 0 radical (unpaired) electrons. The van der Waals surface area contributed by atoms with E-state index in [4.69, 9.17) is 0 Å². The van der Waals surface area contributed by atoms with E-state index in [1.54, 1.807) is 0 Å². The Labute approximate surface area is 117 Å². The Balaban J connectivity index is 1.98. The Kier molecular flexibility index (Phi) is 4.51. The molecule has 0 aliphatic carbocycles. The van der Waals surface area contributed by atoms with Gasteiger partial charge in [0.2, 0.25) is 5.91 Å². The maximum Gasteiger partial charge on any atom is 0.237 e. The summed E-state index contributed by atoms with van der Waals surface area (Å²) in [6.45, 7) is 11.6. The predicted octanol–water partition coefficient (Wildman–Crippen LogP) is 1.36. The van der Waals surface area contributed by atoms with E-state index in [2.05, 4.69) is 43.2 Å². The number of nitrogens with one attached hydrogen (secondary N) is 2. The molecule has 3 atom stereocenters. The molecule has 2 rings (SSSR count). The van der Waals surface area contributed by atoms with E-state index in [0.29, 0.717) is 6.04 Å². The van der Waals surface area contributed by atoms with E-state index in [1.165, 1.54) is 12.8 Å². The number of amides is 1. The first-order chi connectivity index (χ1) is 8.94. The average molecular weight is 267 g/mol. The summed E-state index contributed by atoms with van der Waals surface area (Å²) in [6.07, 6.45) is 3.49. The van der Waals surface area contributed by atoms with Gasteiger partial charge in [0, 0.05) is 18.1 Å². The molecular formula is C15H29N3O. The first-order valence-corrected chi connectivity index (χ1v) is 7.73. The van der Waals surface area contributed by atoms with Crippen molar-refractivity contribution in [1.29, 1.82) is 0 Å². The largest absolute Gasteiger partial charge is 0.350 e. The van der Waals surface area contributed by atoms with Gasteiger partial charge in [-0.3, -0.25) is 9.69 Å². The van der Waals surface area contributed by atoms with Crippen molar-refractivity contribution in [1.82, 2.24) is 15.5 Å². The van der Waals surface area contributed by atoms with Gasteiger partial charge < -0.3 is 10.6 Å². The second-order valence-electron chi connectivity index (χ2n) is 6.77. The zero-order chi connectivity index (χ0) is 14.0. The van der Waals surface area contributed by atoms with Gasteiger partial charge in [0.1, 0.15) is 0 Å². The minimum atomic E-state index is -0.103. The van der Waals surface area contributed by atoms with Crippen molar-refractivity contribution in [3.8, 4) is 0 Å². The summed E-state index contributed by atoms with van der Waals surface area (Å²) < 4.78 is 0. The van der Waals surface area contributed by atoms with Crippen molar-refractivity contribution in [3.05, 3.63) is 0 Å². The molecule has 2 aliphatic heterocycles. The predicted molar refractivity (Wildman–Crippen MR) is 78.1 cm³/mol.